The molecule has 1 aromatic heterocycles. The molecule has 4 nitrogen and oxygen atoms in total. The number of aryl methyl sites for hydroxylation is 1. The Morgan fingerprint density at radius 3 is 2.75 bits per heavy atom. The van der Waals surface area contributed by atoms with Crippen molar-refractivity contribution < 1.29 is 5.11 Å². The number of aliphatic hydroxyl groups is 1. The summed E-state index contributed by atoms with van der Waals surface area (Å²) in [6, 6.07) is 9.83. The van der Waals surface area contributed by atoms with Gasteiger partial charge in [-0.2, -0.15) is 5.10 Å². The normalized spacial score (nSPS) is 12.6. The van der Waals surface area contributed by atoms with Gasteiger partial charge in [-0.1, -0.05) is 29.8 Å². The molecule has 2 aromatic rings. The van der Waals surface area contributed by atoms with Gasteiger partial charge in [-0.3, -0.25) is 4.68 Å². The number of benzene rings is 1. The first-order chi connectivity index (χ1) is 9.61. The van der Waals surface area contributed by atoms with E-state index in [2.05, 4.69) is 17.2 Å². The van der Waals surface area contributed by atoms with E-state index in [0.29, 0.717) is 11.6 Å². The van der Waals surface area contributed by atoms with E-state index in [1.165, 1.54) is 4.90 Å². The van der Waals surface area contributed by atoms with Gasteiger partial charge in [0, 0.05) is 29.3 Å². The molecule has 0 radical (unpaired) electrons. The Labute approximate surface area is 127 Å². The first kappa shape index (κ1) is 15.4. The summed E-state index contributed by atoms with van der Waals surface area (Å²) >= 11 is 7.96. The molecule has 3 N–H and O–H groups in total. The summed E-state index contributed by atoms with van der Waals surface area (Å²) in [6.45, 7) is -0.0590. The summed E-state index contributed by atoms with van der Waals surface area (Å²) in [5.74, 6) is 0.734. The van der Waals surface area contributed by atoms with Gasteiger partial charge in [-0.25, -0.2) is 0 Å². The molecule has 0 amide bonds. The molecule has 0 saturated heterocycles. The Morgan fingerprint density at radius 2 is 2.10 bits per heavy atom. The number of hydrogen-bond acceptors (Lipinski definition) is 4. The second-order valence-electron chi connectivity index (χ2n) is 4.59. The van der Waals surface area contributed by atoms with Crippen molar-refractivity contribution in [2.45, 2.75) is 23.1 Å². The molecule has 20 heavy (non-hydrogen) atoms. The van der Waals surface area contributed by atoms with E-state index in [9.17, 15) is 0 Å². The molecule has 0 saturated carbocycles. The molecule has 0 aliphatic carbocycles. The van der Waals surface area contributed by atoms with E-state index in [1.54, 1.807) is 16.4 Å². The Kier molecular flexibility index (Phi) is 5.48. The third-order valence-electron chi connectivity index (χ3n) is 2.97. The van der Waals surface area contributed by atoms with Crippen LogP contribution < -0.4 is 5.73 Å². The van der Waals surface area contributed by atoms with Crippen molar-refractivity contribution in [2.24, 2.45) is 12.8 Å². The molecule has 1 heterocycles. The lowest BCUT2D eigenvalue weighted by atomic mass is 10.1. The number of halogens is 1. The zero-order valence-electron chi connectivity index (χ0n) is 11.3. The molecule has 1 atom stereocenters. The van der Waals surface area contributed by atoms with Gasteiger partial charge in [0.15, 0.2) is 0 Å². The molecule has 6 heteroatoms. The van der Waals surface area contributed by atoms with Crippen LogP contribution in [0, 0.1) is 0 Å². The minimum absolute atomic E-state index is 0.0590. The number of rotatable bonds is 6. The van der Waals surface area contributed by atoms with Gasteiger partial charge in [0.05, 0.1) is 12.3 Å². The van der Waals surface area contributed by atoms with Crippen molar-refractivity contribution in [3.63, 3.8) is 0 Å². The number of nitrogens with two attached hydrogens (primary N) is 1. The van der Waals surface area contributed by atoms with Gasteiger partial charge in [0.25, 0.3) is 0 Å². The zero-order valence-corrected chi connectivity index (χ0v) is 12.9. The van der Waals surface area contributed by atoms with Crippen molar-refractivity contribution in [2.75, 3.05) is 6.61 Å². The second kappa shape index (κ2) is 7.13. The average Bonchev–Trinajstić information content (AvgIpc) is 2.74. The minimum atomic E-state index is -0.308. The fourth-order valence-corrected chi connectivity index (χ4v) is 3.02. The van der Waals surface area contributed by atoms with Crippen LogP contribution in [-0.4, -0.2) is 27.5 Å². The molecule has 0 aliphatic heterocycles. The summed E-state index contributed by atoms with van der Waals surface area (Å²) in [5.41, 5.74) is 7.66. The third kappa shape index (κ3) is 3.76. The highest BCUT2D eigenvalue weighted by Crippen LogP contribution is 2.27. The van der Waals surface area contributed by atoms with Crippen molar-refractivity contribution in [3.05, 3.63) is 46.7 Å². The predicted molar refractivity (Wildman–Crippen MR) is 83.0 cm³/mol. The Bertz CT molecular complexity index is 559. The maximum atomic E-state index is 9.09. The van der Waals surface area contributed by atoms with Gasteiger partial charge in [-0.15, -0.1) is 11.8 Å². The number of aromatic nitrogens is 2. The lowest BCUT2D eigenvalue weighted by Crippen LogP contribution is -2.27. The van der Waals surface area contributed by atoms with E-state index < -0.39 is 0 Å². The second-order valence-corrected chi connectivity index (χ2v) is 5.99. The van der Waals surface area contributed by atoms with Gasteiger partial charge >= 0.3 is 0 Å². The van der Waals surface area contributed by atoms with Crippen LogP contribution in [0.2, 0.25) is 5.15 Å². The number of hydrogen-bond donors (Lipinski definition) is 2. The Hall–Kier alpha value is -1.01. The number of nitrogens with zero attached hydrogens (tertiary/aromatic N) is 2. The SMILES string of the molecule is Cn1nc(CSc2ccccc2)c(CC(N)CO)c1Cl. The first-order valence-corrected chi connectivity index (χ1v) is 7.72. The van der Waals surface area contributed by atoms with Crippen LogP contribution in [0.1, 0.15) is 11.3 Å². The predicted octanol–water partition coefficient (Wildman–Crippen LogP) is 2.23. The standard InChI is InChI=1S/C14H18ClN3OS/c1-18-14(15)12(7-10(16)8-19)13(17-18)9-20-11-5-3-2-4-6-11/h2-6,10,19H,7-9,16H2,1H3. The van der Waals surface area contributed by atoms with E-state index in [1.807, 2.05) is 25.2 Å². The number of aliphatic hydroxyl groups excluding tert-OH is 1. The molecule has 108 valence electrons. The monoisotopic (exact) mass is 311 g/mol. The van der Waals surface area contributed by atoms with Gasteiger partial charge < -0.3 is 10.8 Å². The maximum Gasteiger partial charge on any atom is 0.130 e. The van der Waals surface area contributed by atoms with Crippen LogP contribution in [0.25, 0.3) is 0 Å². The number of thioether (sulfide) groups is 1. The molecule has 1 aromatic carbocycles. The van der Waals surface area contributed by atoms with Crippen LogP contribution in [-0.2, 0) is 19.2 Å². The molecule has 0 aliphatic rings. The Morgan fingerprint density at radius 1 is 1.40 bits per heavy atom. The largest absolute Gasteiger partial charge is 0.395 e. The van der Waals surface area contributed by atoms with Crippen molar-refractivity contribution in [3.8, 4) is 0 Å². The molecule has 0 spiro atoms. The minimum Gasteiger partial charge on any atom is -0.395 e. The fourth-order valence-electron chi connectivity index (χ4n) is 1.91. The van der Waals surface area contributed by atoms with Gasteiger partial charge in [0.1, 0.15) is 5.15 Å². The van der Waals surface area contributed by atoms with E-state index >= 15 is 0 Å². The third-order valence-corrected chi connectivity index (χ3v) is 4.47. The van der Waals surface area contributed by atoms with Crippen LogP contribution in [0.4, 0.5) is 0 Å². The lowest BCUT2D eigenvalue weighted by molar-refractivity contribution is 0.265. The van der Waals surface area contributed by atoms with Crippen LogP contribution >= 0.6 is 23.4 Å². The van der Waals surface area contributed by atoms with Crippen LogP contribution in [0.5, 0.6) is 0 Å². The van der Waals surface area contributed by atoms with Crippen LogP contribution in [0.3, 0.4) is 0 Å². The van der Waals surface area contributed by atoms with E-state index in [4.69, 9.17) is 22.4 Å². The summed E-state index contributed by atoms with van der Waals surface area (Å²) in [7, 11) is 1.81. The highest BCUT2D eigenvalue weighted by molar-refractivity contribution is 7.98. The van der Waals surface area contributed by atoms with E-state index in [-0.39, 0.29) is 12.6 Å². The highest BCUT2D eigenvalue weighted by atomic mass is 35.5. The molecule has 1 unspecified atom stereocenters. The van der Waals surface area contributed by atoms with Crippen molar-refractivity contribution in [1.82, 2.24) is 9.78 Å². The zero-order chi connectivity index (χ0) is 14.5. The summed E-state index contributed by atoms with van der Waals surface area (Å²) < 4.78 is 1.65. The molecule has 0 bridgehead atoms. The van der Waals surface area contributed by atoms with Gasteiger partial charge in [0.2, 0.25) is 0 Å². The quantitative estimate of drug-likeness (QED) is 0.803. The summed E-state index contributed by atoms with van der Waals surface area (Å²) in [4.78, 5) is 1.19. The highest BCUT2D eigenvalue weighted by Gasteiger charge is 2.17. The fraction of sp³-hybridized carbons (Fsp3) is 0.357. The lowest BCUT2D eigenvalue weighted by Gasteiger charge is -2.08. The van der Waals surface area contributed by atoms with Gasteiger partial charge in [-0.05, 0) is 18.6 Å². The van der Waals surface area contributed by atoms with Crippen molar-refractivity contribution in [1.29, 1.82) is 0 Å². The molecule has 2 rings (SSSR count). The maximum absolute atomic E-state index is 9.09. The topological polar surface area (TPSA) is 64.1 Å². The van der Waals surface area contributed by atoms with Crippen molar-refractivity contribution >= 4 is 23.4 Å². The molecule has 0 fully saturated rings. The summed E-state index contributed by atoms with van der Waals surface area (Å²) in [5, 5.41) is 14.1. The van der Waals surface area contributed by atoms with Crippen LogP contribution in [0.15, 0.2) is 35.2 Å². The average molecular weight is 312 g/mol. The molecular weight excluding hydrogens is 294 g/mol. The van der Waals surface area contributed by atoms with E-state index in [0.717, 1.165) is 17.0 Å². The Balaban J connectivity index is 2.12. The smallest absolute Gasteiger partial charge is 0.130 e. The summed E-state index contributed by atoms with van der Waals surface area (Å²) in [6.07, 6.45) is 0.536. The molecular formula is C14H18ClN3OS. The first-order valence-electron chi connectivity index (χ1n) is 6.36.